The Morgan fingerprint density at radius 1 is 1.33 bits per heavy atom. The van der Waals surface area contributed by atoms with Gasteiger partial charge < -0.3 is 15.5 Å². The van der Waals surface area contributed by atoms with Crippen molar-refractivity contribution in [3.63, 3.8) is 0 Å². The van der Waals surface area contributed by atoms with Crippen molar-refractivity contribution < 1.29 is 27.2 Å². The van der Waals surface area contributed by atoms with Crippen molar-refractivity contribution in [3.05, 3.63) is 29.6 Å². The molecule has 1 aliphatic heterocycles. The van der Waals surface area contributed by atoms with Crippen LogP contribution in [0.4, 0.5) is 28.0 Å². The van der Waals surface area contributed by atoms with Crippen molar-refractivity contribution in [1.29, 1.82) is 0 Å². The Kier molecular flexibility index (Phi) is 5.30. The molecule has 2 rings (SSSR count). The molecule has 0 saturated carbocycles. The van der Waals surface area contributed by atoms with E-state index in [4.69, 9.17) is 0 Å². The van der Waals surface area contributed by atoms with Gasteiger partial charge in [0.15, 0.2) is 0 Å². The van der Waals surface area contributed by atoms with Crippen molar-refractivity contribution in [1.82, 2.24) is 10.2 Å². The predicted octanol–water partition coefficient (Wildman–Crippen LogP) is 2.81. The fourth-order valence-electron chi connectivity index (χ4n) is 2.54. The molecule has 3 amide bonds. The lowest BCUT2D eigenvalue weighted by molar-refractivity contribution is -0.140. The summed E-state index contributed by atoms with van der Waals surface area (Å²) in [6, 6.07) is 2.26. The van der Waals surface area contributed by atoms with Gasteiger partial charge in [-0.15, -0.1) is 0 Å². The number of urea groups is 1. The summed E-state index contributed by atoms with van der Waals surface area (Å²) < 4.78 is 49.6. The van der Waals surface area contributed by atoms with Crippen LogP contribution in [0, 0.1) is 12.7 Å². The molecule has 132 valence electrons. The minimum Gasteiger partial charge on any atom is -0.345 e. The van der Waals surface area contributed by atoms with Gasteiger partial charge in [0.1, 0.15) is 18.4 Å². The molecular weight excluding hydrogens is 330 g/mol. The monoisotopic (exact) mass is 347 g/mol. The minimum atomic E-state index is -4.51. The van der Waals surface area contributed by atoms with Crippen molar-refractivity contribution in [2.24, 2.45) is 0 Å². The Morgan fingerprint density at radius 3 is 2.67 bits per heavy atom. The topological polar surface area (TPSA) is 61.4 Å². The second kappa shape index (κ2) is 7.06. The molecular formula is C15H17F4N3O2. The molecule has 9 heteroatoms. The van der Waals surface area contributed by atoms with Crippen LogP contribution < -0.4 is 10.6 Å². The second-order valence-corrected chi connectivity index (χ2v) is 5.57. The third-order valence-electron chi connectivity index (χ3n) is 3.71. The number of benzene rings is 1. The standard InChI is InChI=1S/C15H17F4N3O2/c1-9-7-10(16)4-5-11(9)21-14(24)22-6-2-3-12(22)13(23)20-8-15(17,18)19/h4-5,7,12H,2-3,6,8H2,1H3,(H,20,23)(H,21,24)/t12-/m0/s1. The van der Waals surface area contributed by atoms with Gasteiger partial charge in [-0.05, 0) is 43.5 Å². The number of likely N-dealkylation sites (tertiary alicyclic amines) is 1. The number of rotatable bonds is 3. The maximum absolute atomic E-state index is 13.1. The lowest BCUT2D eigenvalue weighted by Crippen LogP contribution is -2.49. The number of halogens is 4. The maximum atomic E-state index is 13.1. The highest BCUT2D eigenvalue weighted by atomic mass is 19.4. The van der Waals surface area contributed by atoms with E-state index in [1.165, 1.54) is 23.1 Å². The van der Waals surface area contributed by atoms with Crippen LogP contribution in [0.1, 0.15) is 18.4 Å². The van der Waals surface area contributed by atoms with Crippen LogP contribution in [0.5, 0.6) is 0 Å². The van der Waals surface area contributed by atoms with E-state index in [-0.39, 0.29) is 6.54 Å². The molecule has 24 heavy (non-hydrogen) atoms. The first-order valence-corrected chi connectivity index (χ1v) is 7.35. The SMILES string of the molecule is Cc1cc(F)ccc1NC(=O)N1CCC[C@H]1C(=O)NCC(F)(F)F. The first-order chi connectivity index (χ1) is 11.2. The fourth-order valence-corrected chi connectivity index (χ4v) is 2.54. The van der Waals surface area contributed by atoms with E-state index in [1.807, 2.05) is 0 Å². The lowest BCUT2D eigenvalue weighted by atomic mass is 10.2. The molecule has 1 heterocycles. The number of hydrogen-bond acceptors (Lipinski definition) is 2. The van der Waals surface area contributed by atoms with Crippen molar-refractivity contribution in [2.45, 2.75) is 32.0 Å². The van der Waals surface area contributed by atoms with Crippen LogP contribution >= 0.6 is 0 Å². The van der Waals surface area contributed by atoms with Crippen LogP contribution in [-0.4, -0.2) is 42.1 Å². The molecule has 0 radical (unpaired) electrons. The summed E-state index contributed by atoms with van der Waals surface area (Å²) >= 11 is 0. The number of hydrogen-bond donors (Lipinski definition) is 2. The van der Waals surface area contributed by atoms with E-state index in [1.54, 1.807) is 12.2 Å². The minimum absolute atomic E-state index is 0.260. The van der Waals surface area contributed by atoms with E-state index < -0.39 is 36.5 Å². The molecule has 1 aliphatic rings. The second-order valence-electron chi connectivity index (χ2n) is 5.57. The Labute approximate surface area is 136 Å². The van der Waals surface area contributed by atoms with Gasteiger partial charge in [0.2, 0.25) is 5.91 Å². The van der Waals surface area contributed by atoms with Crippen molar-refractivity contribution in [3.8, 4) is 0 Å². The third kappa shape index (κ3) is 4.59. The number of amides is 3. The van der Waals surface area contributed by atoms with E-state index in [0.717, 1.165) is 0 Å². The fraction of sp³-hybridized carbons (Fsp3) is 0.467. The van der Waals surface area contributed by atoms with Gasteiger partial charge in [-0.3, -0.25) is 4.79 Å². The van der Waals surface area contributed by atoms with Gasteiger partial charge >= 0.3 is 12.2 Å². The highest BCUT2D eigenvalue weighted by molar-refractivity contribution is 5.94. The zero-order chi connectivity index (χ0) is 17.9. The molecule has 0 unspecified atom stereocenters. The van der Waals surface area contributed by atoms with Crippen molar-refractivity contribution >= 4 is 17.6 Å². The Hall–Kier alpha value is -2.32. The predicted molar refractivity (Wildman–Crippen MR) is 78.9 cm³/mol. The molecule has 1 fully saturated rings. The number of nitrogens with one attached hydrogen (secondary N) is 2. The summed E-state index contributed by atoms with van der Waals surface area (Å²) in [4.78, 5) is 25.4. The van der Waals surface area contributed by atoms with Gasteiger partial charge in [-0.2, -0.15) is 13.2 Å². The number of anilines is 1. The van der Waals surface area contributed by atoms with Gasteiger partial charge in [0, 0.05) is 12.2 Å². The third-order valence-corrected chi connectivity index (χ3v) is 3.71. The molecule has 0 spiro atoms. The number of nitrogens with zero attached hydrogens (tertiary/aromatic N) is 1. The first-order valence-electron chi connectivity index (χ1n) is 7.35. The lowest BCUT2D eigenvalue weighted by Gasteiger charge is -2.24. The van der Waals surface area contributed by atoms with Gasteiger partial charge in [0.25, 0.3) is 0 Å². The van der Waals surface area contributed by atoms with E-state index in [2.05, 4.69) is 5.32 Å². The van der Waals surface area contributed by atoms with E-state index in [0.29, 0.717) is 24.1 Å². The molecule has 0 bridgehead atoms. The summed E-state index contributed by atoms with van der Waals surface area (Å²) in [6.45, 7) is 0.432. The number of alkyl halides is 3. The number of aryl methyl sites for hydroxylation is 1. The molecule has 1 aromatic carbocycles. The zero-order valence-corrected chi connectivity index (χ0v) is 12.9. The van der Waals surface area contributed by atoms with Crippen LogP contribution in [0.25, 0.3) is 0 Å². The molecule has 0 aliphatic carbocycles. The summed E-state index contributed by atoms with van der Waals surface area (Å²) in [6.07, 6.45) is -3.70. The smallest absolute Gasteiger partial charge is 0.345 e. The largest absolute Gasteiger partial charge is 0.405 e. The molecule has 1 atom stereocenters. The summed E-state index contributed by atoms with van der Waals surface area (Å²) in [5, 5.41) is 4.35. The van der Waals surface area contributed by atoms with Crippen LogP contribution in [-0.2, 0) is 4.79 Å². The summed E-state index contributed by atoms with van der Waals surface area (Å²) in [7, 11) is 0. The maximum Gasteiger partial charge on any atom is 0.405 e. The Balaban J connectivity index is 2.01. The molecule has 5 nitrogen and oxygen atoms in total. The van der Waals surface area contributed by atoms with Crippen molar-refractivity contribution in [2.75, 3.05) is 18.4 Å². The van der Waals surface area contributed by atoms with Crippen LogP contribution in [0.2, 0.25) is 0 Å². The Morgan fingerprint density at radius 2 is 2.04 bits per heavy atom. The highest BCUT2D eigenvalue weighted by Gasteiger charge is 2.36. The number of carbonyl (C=O) groups excluding carboxylic acids is 2. The van der Waals surface area contributed by atoms with E-state index >= 15 is 0 Å². The average Bonchev–Trinajstić information content (AvgIpc) is 2.96. The average molecular weight is 347 g/mol. The van der Waals surface area contributed by atoms with Crippen LogP contribution in [0.3, 0.4) is 0 Å². The summed E-state index contributed by atoms with van der Waals surface area (Å²) in [5.41, 5.74) is 0.878. The normalized spacial score (nSPS) is 17.7. The molecule has 0 aromatic heterocycles. The molecule has 2 N–H and O–H groups in total. The highest BCUT2D eigenvalue weighted by Crippen LogP contribution is 2.22. The van der Waals surface area contributed by atoms with Gasteiger partial charge in [-0.1, -0.05) is 0 Å². The Bertz CT molecular complexity index is 634. The first kappa shape index (κ1) is 18.0. The molecule has 1 saturated heterocycles. The summed E-state index contributed by atoms with van der Waals surface area (Å²) in [5.74, 6) is -1.29. The molecule has 1 aromatic rings. The van der Waals surface area contributed by atoms with E-state index in [9.17, 15) is 27.2 Å². The zero-order valence-electron chi connectivity index (χ0n) is 12.9. The van der Waals surface area contributed by atoms with Gasteiger partial charge in [-0.25, -0.2) is 9.18 Å². The van der Waals surface area contributed by atoms with Crippen LogP contribution in [0.15, 0.2) is 18.2 Å². The quantitative estimate of drug-likeness (QED) is 0.826. The number of carbonyl (C=O) groups is 2. The van der Waals surface area contributed by atoms with Gasteiger partial charge in [0.05, 0.1) is 0 Å².